The first-order chi connectivity index (χ1) is 3.81. The fourth-order valence-corrected chi connectivity index (χ4v) is 0.394. The van der Waals surface area contributed by atoms with Gasteiger partial charge in [0.15, 0.2) is 0 Å². The molecule has 8 heavy (non-hydrogen) atoms. The number of allylic oxidation sites excluding steroid dienone is 2. The van der Waals surface area contributed by atoms with Crippen LogP contribution >= 0.6 is 0 Å². The topological polar surface area (TPSA) is 26.0 Å². The van der Waals surface area contributed by atoms with Crippen molar-refractivity contribution in [2.75, 3.05) is 0 Å². The second-order valence-corrected chi connectivity index (χ2v) is 1.70. The normalized spacial score (nSPS) is 11.4. The van der Waals surface area contributed by atoms with E-state index in [0.29, 0.717) is 0 Å². The van der Waals surface area contributed by atoms with Crippen molar-refractivity contribution in [1.29, 1.82) is 0 Å². The number of hydrogen-bond donors (Lipinski definition) is 1. The Labute approximate surface area is 50.9 Å². The van der Waals surface area contributed by atoms with Gasteiger partial charge in [-0.2, -0.15) is 0 Å². The van der Waals surface area contributed by atoms with Crippen LogP contribution < -0.4 is 5.73 Å². The molecule has 0 heterocycles. The standard InChI is InChI=1S/C7H13N/c1-3-5-6-7(8)4-2/h4,6H,2-3,5,8H2,1H3. The lowest BCUT2D eigenvalue weighted by Gasteiger charge is -1.87. The maximum absolute atomic E-state index is 5.40. The molecule has 0 aliphatic heterocycles. The van der Waals surface area contributed by atoms with Gasteiger partial charge in [-0.15, -0.1) is 0 Å². The third-order valence-electron chi connectivity index (χ3n) is 0.904. The van der Waals surface area contributed by atoms with E-state index in [0.717, 1.165) is 18.5 Å². The molecule has 0 unspecified atom stereocenters. The minimum Gasteiger partial charge on any atom is -0.399 e. The van der Waals surface area contributed by atoms with Crippen molar-refractivity contribution in [1.82, 2.24) is 0 Å². The van der Waals surface area contributed by atoms with E-state index in [-0.39, 0.29) is 0 Å². The van der Waals surface area contributed by atoms with Crippen molar-refractivity contribution in [3.05, 3.63) is 24.4 Å². The van der Waals surface area contributed by atoms with E-state index < -0.39 is 0 Å². The predicted octanol–water partition coefficient (Wildman–Crippen LogP) is 1.82. The van der Waals surface area contributed by atoms with Crippen molar-refractivity contribution in [2.45, 2.75) is 19.8 Å². The first-order valence-electron chi connectivity index (χ1n) is 2.89. The molecule has 0 fully saturated rings. The Kier molecular flexibility index (Phi) is 4.04. The van der Waals surface area contributed by atoms with Crippen LogP contribution in [0.3, 0.4) is 0 Å². The van der Waals surface area contributed by atoms with Crippen molar-refractivity contribution >= 4 is 0 Å². The largest absolute Gasteiger partial charge is 0.399 e. The Balaban J connectivity index is 3.40. The molecule has 0 aromatic heterocycles. The van der Waals surface area contributed by atoms with Crippen LogP contribution in [0, 0.1) is 0 Å². The minimum absolute atomic E-state index is 0.784. The second kappa shape index (κ2) is 4.44. The quantitative estimate of drug-likeness (QED) is 0.552. The Morgan fingerprint density at radius 3 is 2.75 bits per heavy atom. The van der Waals surface area contributed by atoms with Crippen LogP contribution in [0.5, 0.6) is 0 Å². The zero-order chi connectivity index (χ0) is 6.41. The lowest BCUT2D eigenvalue weighted by atomic mass is 10.3. The highest BCUT2D eigenvalue weighted by Crippen LogP contribution is 1.91. The summed E-state index contributed by atoms with van der Waals surface area (Å²) in [5.41, 5.74) is 6.19. The molecule has 0 radical (unpaired) electrons. The fraction of sp³-hybridized carbons (Fsp3) is 0.429. The first-order valence-corrected chi connectivity index (χ1v) is 2.89. The summed E-state index contributed by atoms with van der Waals surface area (Å²) < 4.78 is 0. The molecule has 0 amide bonds. The number of hydrogen-bond acceptors (Lipinski definition) is 1. The van der Waals surface area contributed by atoms with Gasteiger partial charge in [-0.25, -0.2) is 0 Å². The molecule has 0 aliphatic carbocycles. The molecule has 1 nitrogen and oxygen atoms in total. The van der Waals surface area contributed by atoms with Crippen molar-refractivity contribution in [2.24, 2.45) is 5.73 Å². The summed E-state index contributed by atoms with van der Waals surface area (Å²) in [6.45, 7) is 5.64. The van der Waals surface area contributed by atoms with Gasteiger partial charge < -0.3 is 5.73 Å². The number of unbranched alkanes of at least 4 members (excludes halogenated alkanes) is 1. The average molecular weight is 111 g/mol. The van der Waals surface area contributed by atoms with Crippen LogP contribution in [-0.4, -0.2) is 0 Å². The number of nitrogens with two attached hydrogens (primary N) is 1. The molecule has 0 spiro atoms. The van der Waals surface area contributed by atoms with Crippen LogP contribution in [-0.2, 0) is 0 Å². The van der Waals surface area contributed by atoms with Gasteiger partial charge in [0.25, 0.3) is 0 Å². The molecule has 0 atom stereocenters. The first kappa shape index (κ1) is 7.28. The monoisotopic (exact) mass is 111 g/mol. The molecule has 2 N–H and O–H groups in total. The highest BCUT2D eigenvalue weighted by molar-refractivity contribution is 5.10. The predicted molar refractivity (Wildman–Crippen MR) is 37.4 cm³/mol. The molecule has 46 valence electrons. The highest BCUT2D eigenvalue weighted by atomic mass is 14.5. The maximum atomic E-state index is 5.40. The summed E-state index contributed by atoms with van der Waals surface area (Å²) in [4.78, 5) is 0. The molecular weight excluding hydrogens is 98.1 g/mol. The summed E-state index contributed by atoms with van der Waals surface area (Å²) in [5.74, 6) is 0. The zero-order valence-corrected chi connectivity index (χ0v) is 5.35. The van der Waals surface area contributed by atoms with E-state index in [1.165, 1.54) is 0 Å². The van der Waals surface area contributed by atoms with Crippen LogP contribution in [0.2, 0.25) is 0 Å². The molecule has 0 aromatic carbocycles. The Bertz CT molecular complexity index is 92.6. The van der Waals surface area contributed by atoms with Crippen molar-refractivity contribution in [3.8, 4) is 0 Å². The van der Waals surface area contributed by atoms with Crippen LogP contribution in [0.1, 0.15) is 19.8 Å². The minimum atomic E-state index is 0.784. The molecule has 0 rings (SSSR count). The highest BCUT2D eigenvalue weighted by Gasteiger charge is 1.76. The Hall–Kier alpha value is -0.720. The molecular formula is C7H13N. The van der Waals surface area contributed by atoms with E-state index in [1.807, 2.05) is 6.08 Å². The van der Waals surface area contributed by atoms with Crippen molar-refractivity contribution in [3.63, 3.8) is 0 Å². The molecule has 0 aliphatic rings. The fourth-order valence-electron chi connectivity index (χ4n) is 0.394. The molecule has 1 heteroatoms. The van der Waals surface area contributed by atoms with Gasteiger partial charge in [0.1, 0.15) is 0 Å². The average Bonchev–Trinajstić information content (AvgIpc) is 1.83. The van der Waals surface area contributed by atoms with E-state index in [9.17, 15) is 0 Å². The van der Waals surface area contributed by atoms with Crippen LogP contribution in [0.15, 0.2) is 24.4 Å². The molecule has 0 saturated carbocycles. The Morgan fingerprint density at radius 1 is 1.75 bits per heavy atom. The van der Waals surface area contributed by atoms with E-state index in [4.69, 9.17) is 5.73 Å². The lowest BCUT2D eigenvalue weighted by Crippen LogP contribution is -1.90. The van der Waals surface area contributed by atoms with Crippen LogP contribution in [0.25, 0.3) is 0 Å². The van der Waals surface area contributed by atoms with E-state index >= 15 is 0 Å². The van der Waals surface area contributed by atoms with E-state index in [2.05, 4.69) is 13.5 Å². The second-order valence-electron chi connectivity index (χ2n) is 1.70. The van der Waals surface area contributed by atoms with Gasteiger partial charge in [-0.05, 0) is 12.5 Å². The zero-order valence-electron chi connectivity index (χ0n) is 5.35. The Morgan fingerprint density at radius 2 is 2.38 bits per heavy atom. The van der Waals surface area contributed by atoms with Crippen LogP contribution in [0.4, 0.5) is 0 Å². The number of rotatable bonds is 3. The van der Waals surface area contributed by atoms with Gasteiger partial charge in [0.2, 0.25) is 0 Å². The van der Waals surface area contributed by atoms with E-state index in [1.54, 1.807) is 6.08 Å². The summed E-state index contributed by atoms with van der Waals surface area (Å²) >= 11 is 0. The molecule has 0 saturated heterocycles. The summed E-state index contributed by atoms with van der Waals surface area (Å²) in [5, 5.41) is 0. The smallest absolute Gasteiger partial charge is 0.0267 e. The third-order valence-corrected chi connectivity index (χ3v) is 0.904. The molecule has 0 aromatic rings. The van der Waals surface area contributed by atoms with Gasteiger partial charge in [-0.1, -0.05) is 26.0 Å². The van der Waals surface area contributed by atoms with Gasteiger partial charge in [0.05, 0.1) is 0 Å². The lowest BCUT2D eigenvalue weighted by molar-refractivity contribution is 0.950. The summed E-state index contributed by atoms with van der Waals surface area (Å²) in [6.07, 6.45) is 5.84. The SMILES string of the molecule is C=CC(N)=CCCC. The summed E-state index contributed by atoms with van der Waals surface area (Å²) in [6, 6.07) is 0. The van der Waals surface area contributed by atoms with Gasteiger partial charge >= 0.3 is 0 Å². The van der Waals surface area contributed by atoms with Gasteiger partial charge in [-0.3, -0.25) is 0 Å². The van der Waals surface area contributed by atoms with Gasteiger partial charge in [0, 0.05) is 5.70 Å². The summed E-state index contributed by atoms with van der Waals surface area (Å²) in [7, 11) is 0. The van der Waals surface area contributed by atoms with Crippen molar-refractivity contribution < 1.29 is 0 Å². The third kappa shape index (κ3) is 3.47. The molecule has 0 bridgehead atoms. The maximum Gasteiger partial charge on any atom is 0.0267 e.